The van der Waals surface area contributed by atoms with E-state index in [0.29, 0.717) is 12.1 Å². The average molecular weight is 418 g/mol. The van der Waals surface area contributed by atoms with Crippen LogP contribution in [0.3, 0.4) is 0 Å². The molecule has 2 aliphatic rings. The Balaban J connectivity index is 1.50. The van der Waals surface area contributed by atoms with E-state index in [9.17, 15) is 13.6 Å². The van der Waals surface area contributed by atoms with Gasteiger partial charge in [0.05, 0.1) is 5.56 Å². The van der Waals surface area contributed by atoms with Crippen LogP contribution in [0.5, 0.6) is 0 Å². The molecule has 4 rings (SSSR count). The van der Waals surface area contributed by atoms with Crippen LogP contribution in [0.2, 0.25) is 0 Å². The highest BCUT2D eigenvalue weighted by Gasteiger charge is 2.47. The van der Waals surface area contributed by atoms with E-state index in [-0.39, 0.29) is 29.3 Å². The predicted molar refractivity (Wildman–Crippen MR) is 112 cm³/mol. The summed E-state index contributed by atoms with van der Waals surface area (Å²) < 4.78 is 35.0. The molecule has 3 unspecified atom stereocenters. The molecule has 3 atom stereocenters. The molecule has 0 spiro atoms. The largest absolute Gasteiger partial charge is 0.341 e. The predicted octanol–water partition coefficient (Wildman–Crippen LogP) is 4.10. The molecule has 1 saturated heterocycles. The molecule has 2 aromatic carbocycles. The number of carbonyl (C=O) groups excluding carboxylic acids is 1. The monoisotopic (exact) mass is 417 g/mol. The molecule has 7 heteroatoms. The fourth-order valence-corrected chi connectivity index (χ4v) is 4.74. The van der Waals surface area contributed by atoms with Gasteiger partial charge in [-0.05, 0) is 55.5 Å². The highest BCUT2D eigenvalue weighted by Crippen LogP contribution is 2.51. The van der Waals surface area contributed by atoms with Crippen molar-refractivity contribution < 1.29 is 13.6 Å². The lowest BCUT2D eigenvalue weighted by molar-refractivity contribution is -0.133. The lowest BCUT2D eigenvalue weighted by atomic mass is 9.95. The Morgan fingerprint density at radius 2 is 1.90 bits per heavy atom. The van der Waals surface area contributed by atoms with Crippen molar-refractivity contribution in [2.45, 2.75) is 31.2 Å². The second-order valence-electron chi connectivity index (χ2n) is 7.68. The summed E-state index contributed by atoms with van der Waals surface area (Å²) in [6, 6.07) is 11.5. The van der Waals surface area contributed by atoms with Crippen LogP contribution >= 0.6 is 12.1 Å². The number of hydrogen-bond acceptors (Lipinski definition) is 4. The van der Waals surface area contributed by atoms with Crippen molar-refractivity contribution in [1.82, 2.24) is 14.3 Å². The number of piperidine rings is 1. The fraction of sp³-hybridized carbons (Fsp3) is 0.409. The second kappa shape index (κ2) is 8.81. The Bertz CT molecular complexity index is 874. The number of nitrogens with one attached hydrogen (secondary N) is 2. The van der Waals surface area contributed by atoms with E-state index < -0.39 is 11.6 Å². The van der Waals surface area contributed by atoms with E-state index in [0.717, 1.165) is 31.4 Å². The van der Waals surface area contributed by atoms with Crippen LogP contribution in [0.4, 0.5) is 8.78 Å². The van der Waals surface area contributed by atoms with Crippen molar-refractivity contribution in [2.75, 3.05) is 20.1 Å². The molecule has 1 aliphatic carbocycles. The van der Waals surface area contributed by atoms with Gasteiger partial charge in [-0.3, -0.25) is 9.52 Å². The molecular formula is C22H25F2N3OS. The maximum Gasteiger partial charge on any atom is 0.226 e. The summed E-state index contributed by atoms with van der Waals surface area (Å²) in [6.07, 6.45) is 2.75. The van der Waals surface area contributed by atoms with Crippen LogP contribution in [-0.4, -0.2) is 37.0 Å². The standard InChI is InChI=1S/C22H25F2N3OS/c1-25-29-26-14-6-5-11-27(13-14)22(28)18-12-17(18)15-7-2-3-8-16(15)21-19(23)9-4-10-20(21)24/h2-4,7-10,14,17-18,25-26H,5-6,11-13H2,1H3. The number of nitrogens with zero attached hydrogens (tertiary/aromatic N) is 1. The van der Waals surface area contributed by atoms with Gasteiger partial charge >= 0.3 is 0 Å². The van der Waals surface area contributed by atoms with Crippen LogP contribution in [-0.2, 0) is 4.79 Å². The van der Waals surface area contributed by atoms with Crippen molar-refractivity contribution in [2.24, 2.45) is 5.92 Å². The summed E-state index contributed by atoms with van der Waals surface area (Å²) in [5, 5.41) is 0. The molecule has 0 radical (unpaired) electrons. The zero-order valence-electron chi connectivity index (χ0n) is 16.3. The van der Waals surface area contributed by atoms with E-state index in [4.69, 9.17) is 0 Å². The molecule has 0 bridgehead atoms. The van der Waals surface area contributed by atoms with Crippen molar-refractivity contribution in [1.29, 1.82) is 0 Å². The molecule has 4 nitrogen and oxygen atoms in total. The number of hydrogen-bond donors (Lipinski definition) is 2. The Labute approximate surface area is 174 Å². The van der Waals surface area contributed by atoms with Gasteiger partial charge in [0.2, 0.25) is 5.91 Å². The lowest BCUT2D eigenvalue weighted by Gasteiger charge is -2.33. The Morgan fingerprint density at radius 3 is 2.66 bits per heavy atom. The first-order valence-corrected chi connectivity index (χ1v) is 10.8. The zero-order chi connectivity index (χ0) is 20.4. The molecule has 154 valence electrons. The first-order valence-electron chi connectivity index (χ1n) is 10.0. The van der Waals surface area contributed by atoms with Crippen molar-refractivity contribution >= 4 is 18.0 Å². The molecule has 0 aromatic heterocycles. The number of carbonyl (C=O) groups is 1. The third kappa shape index (κ3) is 4.32. The first-order chi connectivity index (χ1) is 14.1. The summed E-state index contributed by atoms with van der Waals surface area (Å²) in [5.74, 6) is -1.10. The number of halogens is 2. The summed E-state index contributed by atoms with van der Waals surface area (Å²) in [5.41, 5.74) is 1.40. The van der Waals surface area contributed by atoms with Crippen molar-refractivity contribution in [3.05, 3.63) is 59.7 Å². The van der Waals surface area contributed by atoms with Gasteiger partial charge in [-0.2, -0.15) is 0 Å². The second-order valence-corrected chi connectivity index (χ2v) is 8.53. The highest BCUT2D eigenvalue weighted by atomic mass is 32.2. The lowest BCUT2D eigenvalue weighted by Crippen LogP contribution is -2.47. The van der Waals surface area contributed by atoms with Gasteiger partial charge < -0.3 is 4.90 Å². The van der Waals surface area contributed by atoms with E-state index in [1.165, 1.54) is 30.3 Å². The van der Waals surface area contributed by atoms with Gasteiger partial charge in [-0.25, -0.2) is 13.5 Å². The minimum absolute atomic E-state index is 0.00692. The summed E-state index contributed by atoms with van der Waals surface area (Å²) >= 11 is 1.44. The molecule has 2 N–H and O–H groups in total. The zero-order valence-corrected chi connectivity index (χ0v) is 17.1. The number of benzene rings is 2. The Morgan fingerprint density at radius 1 is 1.14 bits per heavy atom. The molecule has 1 saturated carbocycles. The Hall–Kier alpha value is -1.96. The van der Waals surface area contributed by atoms with E-state index >= 15 is 0 Å². The normalized spacial score (nSPS) is 23.8. The SMILES string of the molecule is CNSNC1CCCN(C(=O)C2CC2c2ccccc2-c2c(F)cccc2F)C1. The average Bonchev–Trinajstić information content (AvgIpc) is 3.53. The van der Waals surface area contributed by atoms with Gasteiger partial charge in [-0.1, -0.05) is 30.3 Å². The molecule has 1 heterocycles. The smallest absolute Gasteiger partial charge is 0.226 e. The molecular weight excluding hydrogens is 392 g/mol. The number of amides is 1. The fourth-order valence-electron chi connectivity index (χ4n) is 4.27. The topological polar surface area (TPSA) is 44.4 Å². The van der Waals surface area contributed by atoms with Crippen LogP contribution in [0.25, 0.3) is 11.1 Å². The van der Waals surface area contributed by atoms with Crippen LogP contribution < -0.4 is 9.44 Å². The van der Waals surface area contributed by atoms with Crippen LogP contribution in [0.15, 0.2) is 42.5 Å². The quantitative estimate of drug-likeness (QED) is 0.695. The van der Waals surface area contributed by atoms with E-state index in [1.54, 1.807) is 12.1 Å². The number of rotatable bonds is 6. The molecule has 1 aliphatic heterocycles. The third-order valence-electron chi connectivity index (χ3n) is 5.76. The van der Waals surface area contributed by atoms with Crippen LogP contribution in [0, 0.1) is 17.6 Å². The van der Waals surface area contributed by atoms with Crippen molar-refractivity contribution in [3.63, 3.8) is 0 Å². The van der Waals surface area contributed by atoms with Gasteiger partial charge in [0.25, 0.3) is 0 Å². The number of likely N-dealkylation sites (tertiary alicyclic amines) is 1. The highest BCUT2D eigenvalue weighted by molar-refractivity contribution is 7.95. The van der Waals surface area contributed by atoms with E-state index in [2.05, 4.69) is 9.44 Å². The van der Waals surface area contributed by atoms with Gasteiger partial charge in [0.1, 0.15) is 11.6 Å². The Kier molecular flexibility index (Phi) is 6.18. The summed E-state index contributed by atoms with van der Waals surface area (Å²) in [4.78, 5) is 15.0. The summed E-state index contributed by atoms with van der Waals surface area (Å²) in [7, 11) is 1.86. The van der Waals surface area contributed by atoms with E-state index in [1.807, 2.05) is 24.1 Å². The van der Waals surface area contributed by atoms with Gasteiger partial charge in [-0.15, -0.1) is 0 Å². The maximum absolute atomic E-state index is 14.4. The van der Waals surface area contributed by atoms with Gasteiger partial charge in [0.15, 0.2) is 0 Å². The molecule has 29 heavy (non-hydrogen) atoms. The third-order valence-corrected chi connectivity index (χ3v) is 6.42. The van der Waals surface area contributed by atoms with Crippen molar-refractivity contribution in [3.8, 4) is 11.1 Å². The van der Waals surface area contributed by atoms with Gasteiger partial charge in [0, 0.05) is 37.2 Å². The first kappa shape index (κ1) is 20.3. The van der Waals surface area contributed by atoms with Crippen LogP contribution in [0.1, 0.15) is 30.7 Å². The summed E-state index contributed by atoms with van der Waals surface area (Å²) in [6.45, 7) is 1.47. The molecule has 2 fully saturated rings. The minimum atomic E-state index is -0.576. The maximum atomic E-state index is 14.4. The molecule has 2 aromatic rings. The molecule has 1 amide bonds. The minimum Gasteiger partial charge on any atom is -0.341 e.